The molecule has 2 aromatic rings. The van der Waals surface area contributed by atoms with Gasteiger partial charge in [-0.3, -0.25) is 19.6 Å². The van der Waals surface area contributed by atoms with E-state index in [0.29, 0.717) is 37.6 Å². The van der Waals surface area contributed by atoms with Crippen molar-refractivity contribution in [3.63, 3.8) is 0 Å². The highest BCUT2D eigenvalue weighted by atomic mass is 16.3. The highest BCUT2D eigenvalue weighted by Gasteiger charge is 2.37. The van der Waals surface area contributed by atoms with Crippen molar-refractivity contribution < 1.29 is 19.8 Å². The fourth-order valence-electron chi connectivity index (χ4n) is 4.86. The Morgan fingerprint density at radius 3 is 1.45 bits per heavy atom. The van der Waals surface area contributed by atoms with Crippen LogP contribution in [-0.2, 0) is 0 Å². The number of phenolic OH excluding ortho intramolecular Hbond substituents is 2. The number of carbonyl (C=O) groups is 2. The van der Waals surface area contributed by atoms with Gasteiger partial charge in [0, 0.05) is 24.5 Å². The summed E-state index contributed by atoms with van der Waals surface area (Å²) in [7, 11) is 0. The molecule has 3 rings (SSSR count). The van der Waals surface area contributed by atoms with E-state index in [1.54, 1.807) is 12.1 Å². The second kappa shape index (κ2) is 16.4. The Labute approximate surface area is 238 Å². The number of phenols is 2. The fraction of sp³-hybridized carbons (Fsp3) is 0.500. The highest BCUT2D eigenvalue weighted by molar-refractivity contribution is 6.33. The highest BCUT2D eigenvalue weighted by Crippen LogP contribution is 2.42. The number of fused-ring (bicyclic) bond motifs is 2. The van der Waals surface area contributed by atoms with Crippen molar-refractivity contribution in [2.75, 3.05) is 36.8 Å². The SMILES string of the molecule is CCCCCCC=NCCNc1ccc(NCCN=CCCCCCC)c2c1C(=O)c1c(O)ccc(O)c1C2=O. The van der Waals surface area contributed by atoms with Crippen LogP contribution in [-0.4, -0.2) is 60.4 Å². The van der Waals surface area contributed by atoms with Crippen molar-refractivity contribution in [1.29, 1.82) is 0 Å². The van der Waals surface area contributed by atoms with Crippen LogP contribution >= 0.6 is 0 Å². The molecule has 0 aliphatic heterocycles. The Kier molecular flexibility index (Phi) is 12.7. The number of anilines is 2. The van der Waals surface area contributed by atoms with Crippen LogP contribution in [0.4, 0.5) is 11.4 Å². The molecule has 0 unspecified atom stereocenters. The van der Waals surface area contributed by atoms with Gasteiger partial charge in [0.2, 0.25) is 11.6 Å². The van der Waals surface area contributed by atoms with Crippen molar-refractivity contribution in [3.05, 3.63) is 46.5 Å². The molecule has 40 heavy (non-hydrogen) atoms. The van der Waals surface area contributed by atoms with E-state index >= 15 is 0 Å². The molecule has 2 aromatic carbocycles. The Bertz CT molecular complexity index is 1110. The number of aromatic hydroxyl groups is 2. The Morgan fingerprint density at radius 1 is 0.625 bits per heavy atom. The lowest BCUT2D eigenvalue weighted by Crippen LogP contribution is -2.25. The average molecular weight is 549 g/mol. The zero-order valence-corrected chi connectivity index (χ0v) is 24.0. The summed E-state index contributed by atoms with van der Waals surface area (Å²) in [5, 5.41) is 27.4. The van der Waals surface area contributed by atoms with Gasteiger partial charge in [-0.2, -0.15) is 0 Å². The molecule has 216 valence electrons. The molecule has 0 heterocycles. The van der Waals surface area contributed by atoms with Crippen molar-refractivity contribution >= 4 is 35.4 Å². The van der Waals surface area contributed by atoms with Gasteiger partial charge in [-0.05, 0) is 62.4 Å². The molecule has 0 spiro atoms. The van der Waals surface area contributed by atoms with Gasteiger partial charge in [-0.25, -0.2) is 0 Å². The summed E-state index contributed by atoms with van der Waals surface area (Å²) in [6.07, 6.45) is 15.3. The minimum absolute atomic E-state index is 0.171. The number of hydrogen-bond donors (Lipinski definition) is 4. The third-order valence-electron chi connectivity index (χ3n) is 7.02. The first-order chi connectivity index (χ1) is 19.5. The average Bonchev–Trinajstić information content (AvgIpc) is 2.95. The standard InChI is InChI=1S/C32H44N4O4/c1-3-5-7-9-11-17-33-19-21-35-23-13-14-24(36-22-20-34-18-12-10-8-6-4-2)28-27(23)31(39)29-25(37)15-16-26(38)30(29)32(28)40/h13-18,35-38H,3-12,19-22H2,1-2H3. The summed E-state index contributed by atoms with van der Waals surface area (Å²) >= 11 is 0. The second-order valence-electron chi connectivity index (χ2n) is 10.2. The predicted molar refractivity (Wildman–Crippen MR) is 164 cm³/mol. The molecule has 0 radical (unpaired) electrons. The van der Waals surface area contributed by atoms with E-state index in [9.17, 15) is 19.8 Å². The Balaban J connectivity index is 1.74. The third-order valence-corrected chi connectivity index (χ3v) is 7.02. The van der Waals surface area contributed by atoms with E-state index in [1.807, 2.05) is 12.4 Å². The Hall–Kier alpha value is -3.68. The first-order valence-electron chi connectivity index (χ1n) is 14.8. The molecule has 0 saturated carbocycles. The molecule has 1 aliphatic carbocycles. The number of ketones is 2. The predicted octanol–water partition coefficient (Wildman–Crippen LogP) is 6.78. The third kappa shape index (κ3) is 8.16. The van der Waals surface area contributed by atoms with Gasteiger partial charge in [0.15, 0.2) is 0 Å². The zero-order valence-electron chi connectivity index (χ0n) is 24.0. The lowest BCUT2D eigenvalue weighted by Gasteiger charge is -2.24. The van der Waals surface area contributed by atoms with Crippen LogP contribution in [0, 0.1) is 0 Å². The molecule has 8 heteroatoms. The number of aliphatic imine (C=N–C) groups is 2. The summed E-state index contributed by atoms with van der Waals surface area (Å²) in [5.74, 6) is -1.67. The zero-order chi connectivity index (χ0) is 28.7. The molecule has 4 N–H and O–H groups in total. The van der Waals surface area contributed by atoms with Crippen molar-refractivity contribution in [2.45, 2.75) is 78.1 Å². The smallest absolute Gasteiger partial charge is 0.200 e. The van der Waals surface area contributed by atoms with Crippen LogP contribution in [0.1, 0.15) is 110 Å². The molecule has 0 saturated heterocycles. The van der Waals surface area contributed by atoms with Crippen molar-refractivity contribution in [1.82, 2.24) is 0 Å². The number of nitrogens with one attached hydrogen (secondary N) is 2. The number of nitrogens with zero attached hydrogens (tertiary/aromatic N) is 2. The van der Waals surface area contributed by atoms with Gasteiger partial charge in [0.1, 0.15) is 11.5 Å². The molecule has 8 nitrogen and oxygen atoms in total. The maximum Gasteiger partial charge on any atom is 0.200 e. The van der Waals surface area contributed by atoms with Crippen LogP contribution in [0.25, 0.3) is 0 Å². The molecule has 0 fully saturated rings. The van der Waals surface area contributed by atoms with E-state index in [1.165, 1.54) is 50.7 Å². The minimum atomic E-state index is -0.506. The van der Waals surface area contributed by atoms with Crippen LogP contribution in [0.5, 0.6) is 11.5 Å². The van der Waals surface area contributed by atoms with E-state index < -0.39 is 11.6 Å². The van der Waals surface area contributed by atoms with Crippen LogP contribution in [0.2, 0.25) is 0 Å². The number of rotatable bonds is 18. The fourth-order valence-corrected chi connectivity index (χ4v) is 4.86. The van der Waals surface area contributed by atoms with E-state index in [4.69, 9.17) is 0 Å². The van der Waals surface area contributed by atoms with E-state index in [-0.39, 0.29) is 33.8 Å². The quantitative estimate of drug-likeness (QED) is 0.0789. The van der Waals surface area contributed by atoms with E-state index in [0.717, 1.165) is 25.7 Å². The molecule has 0 bridgehead atoms. The normalized spacial score (nSPS) is 12.8. The first kappa shape index (κ1) is 30.9. The van der Waals surface area contributed by atoms with Gasteiger partial charge in [0.05, 0.1) is 35.3 Å². The monoisotopic (exact) mass is 548 g/mol. The lowest BCUT2D eigenvalue weighted by molar-refractivity contribution is 0.0975. The summed E-state index contributed by atoms with van der Waals surface area (Å²) in [4.78, 5) is 36.2. The topological polar surface area (TPSA) is 123 Å². The molecule has 0 aromatic heterocycles. The van der Waals surface area contributed by atoms with Crippen molar-refractivity contribution in [2.24, 2.45) is 9.98 Å². The number of carbonyl (C=O) groups excluding carboxylic acids is 2. The van der Waals surface area contributed by atoms with E-state index in [2.05, 4.69) is 34.5 Å². The number of unbranched alkanes of at least 4 members (excludes halogenated alkanes) is 8. The molecule has 0 amide bonds. The lowest BCUT2D eigenvalue weighted by atomic mass is 9.81. The summed E-state index contributed by atoms with van der Waals surface area (Å²) in [6, 6.07) is 6.00. The Morgan fingerprint density at radius 2 is 1.05 bits per heavy atom. The molecular weight excluding hydrogens is 504 g/mol. The number of benzene rings is 2. The van der Waals surface area contributed by atoms with Crippen molar-refractivity contribution in [3.8, 4) is 11.5 Å². The van der Waals surface area contributed by atoms with Gasteiger partial charge < -0.3 is 20.8 Å². The van der Waals surface area contributed by atoms with Gasteiger partial charge >= 0.3 is 0 Å². The first-order valence-corrected chi connectivity index (χ1v) is 14.8. The summed E-state index contributed by atoms with van der Waals surface area (Å²) in [5.41, 5.74) is 1.02. The van der Waals surface area contributed by atoms with Crippen LogP contribution in [0.3, 0.4) is 0 Å². The molecule has 0 atom stereocenters. The van der Waals surface area contributed by atoms with Crippen LogP contribution < -0.4 is 10.6 Å². The second-order valence-corrected chi connectivity index (χ2v) is 10.2. The number of hydrogen-bond acceptors (Lipinski definition) is 8. The van der Waals surface area contributed by atoms with Crippen LogP contribution in [0.15, 0.2) is 34.3 Å². The van der Waals surface area contributed by atoms with Gasteiger partial charge in [-0.1, -0.05) is 52.4 Å². The summed E-state index contributed by atoms with van der Waals surface area (Å²) < 4.78 is 0. The maximum absolute atomic E-state index is 13.6. The maximum atomic E-state index is 13.6. The van der Waals surface area contributed by atoms with Gasteiger partial charge in [-0.15, -0.1) is 0 Å². The molecule has 1 aliphatic rings. The summed E-state index contributed by atoms with van der Waals surface area (Å²) in [6.45, 7) is 6.41. The minimum Gasteiger partial charge on any atom is -0.507 e. The largest absolute Gasteiger partial charge is 0.507 e. The van der Waals surface area contributed by atoms with Gasteiger partial charge in [0.25, 0.3) is 0 Å². The molecular formula is C32H44N4O4.